The first kappa shape index (κ1) is 13.7. The van der Waals surface area contributed by atoms with E-state index < -0.39 is 0 Å². The second-order valence-electron chi connectivity index (χ2n) is 5.25. The summed E-state index contributed by atoms with van der Waals surface area (Å²) in [6, 6.07) is 5.78. The van der Waals surface area contributed by atoms with Gasteiger partial charge in [0.05, 0.1) is 12.3 Å². The quantitative estimate of drug-likeness (QED) is 0.653. The Morgan fingerprint density at radius 2 is 2.29 bits per heavy atom. The highest BCUT2D eigenvalue weighted by Gasteiger charge is 2.21. The van der Waals surface area contributed by atoms with Crippen LogP contribution >= 0.6 is 0 Å². The van der Waals surface area contributed by atoms with Gasteiger partial charge in [-0.2, -0.15) is 0 Å². The molecule has 112 valence electrons. The summed E-state index contributed by atoms with van der Waals surface area (Å²) in [5.74, 6) is 0.827. The van der Waals surface area contributed by atoms with Crippen molar-refractivity contribution in [3.63, 3.8) is 0 Å². The number of nitrogens with zero attached hydrogens (tertiary/aromatic N) is 2. The van der Waals surface area contributed by atoms with Crippen molar-refractivity contribution in [2.24, 2.45) is 5.16 Å². The lowest BCUT2D eigenvalue weighted by Gasteiger charge is -2.21. The average molecular weight is 289 g/mol. The fourth-order valence-corrected chi connectivity index (χ4v) is 2.89. The number of carbonyl (C=O) groups is 1. The van der Waals surface area contributed by atoms with Crippen molar-refractivity contribution in [1.82, 2.24) is 10.2 Å². The Morgan fingerprint density at radius 1 is 1.38 bits per heavy atom. The molecule has 2 aliphatic rings. The van der Waals surface area contributed by atoms with Gasteiger partial charge in [-0.1, -0.05) is 17.3 Å². The average Bonchev–Trinajstić information content (AvgIpc) is 2.92. The smallest absolute Gasteiger partial charge is 0.317 e. The van der Waals surface area contributed by atoms with Crippen molar-refractivity contribution < 1.29 is 14.7 Å². The van der Waals surface area contributed by atoms with Crippen molar-refractivity contribution in [3.05, 3.63) is 29.3 Å². The highest BCUT2D eigenvalue weighted by molar-refractivity contribution is 6.02. The summed E-state index contributed by atoms with van der Waals surface area (Å²) < 4.78 is 5.85. The molecule has 0 aromatic heterocycles. The summed E-state index contributed by atoms with van der Waals surface area (Å²) in [6.07, 6.45) is 2.68. The van der Waals surface area contributed by atoms with Gasteiger partial charge in [-0.15, -0.1) is 0 Å². The highest BCUT2D eigenvalue weighted by Crippen LogP contribution is 2.29. The number of amides is 2. The van der Waals surface area contributed by atoms with Gasteiger partial charge in [-0.3, -0.25) is 0 Å². The molecule has 0 bridgehead atoms. The Morgan fingerprint density at radius 3 is 3.05 bits per heavy atom. The van der Waals surface area contributed by atoms with Crippen LogP contribution in [0, 0.1) is 0 Å². The molecule has 1 heterocycles. The zero-order chi connectivity index (χ0) is 14.7. The number of rotatable bonds is 4. The van der Waals surface area contributed by atoms with Crippen LogP contribution < -0.4 is 10.1 Å². The Kier molecular flexibility index (Phi) is 3.94. The molecule has 21 heavy (non-hydrogen) atoms. The summed E-state index contributed by atoms with van der Waals surface area (Å²) in [7, 11) is 0. The van der Waals surface area contributed by atoms with E-state index in [0.29, 0.717) is 19.7 Å². The minimum atomic E-state index is -0.0246. The molecule has 1 aliphatic carbocycles. The normalized spacial score (nSPS) is 19.5. The fourth-order valence-electron chi connectivity index (χ4n) is 2.89. The first-order chi connectivity index (χ1) is 10.3. The van der Waals surface area contributed by atoms with Crippen molar-refractivity contribution in [1.29, 1.82) is 0 Å². The molecule has 6 heteroatoms. The lowest BCUT2D eigenvalue weighted by molar-refractivity contribution is 0.202. The predicted molar refractivity (Wildman–Crippen MR) is 78.2 cm³/mol. The summed E-state index contributed by atoms with van der Waals surface area (Å²) in [5, 5.41) is 15.2. The van der Waals surface area contributed by atoms with Crippen molar-refractivity contribution >= 4 is 11.7 Å². The van der Waals surface area contributed by atoms with Gasteiger partial charge in [0.25, 0.3) is 0 Å². The first-order valence-electron chi connectivity index (χ1n) is 7.28. The maximum atomic E-state index is 11.4. The Balaban J connectivity index is 1.67. The van der Waals surface area contributed by atoms with E-state index >= 15 is 0 Å². The third kappa shape index (κ3) is 2.79. The number of fused-ring (bicyclic) bond motifs is 1. The van der Waals surface area contributed by atoms with Gasteiger partial charge in [0.2, 0.25) is 0 Å². The number of urea groups is 1. The van der Waals surface area contributed by atoms with Crippen LogP contribution in [-0.2, 0) is 6.42 Å². The molecule has 0 spiro atoms. The van der Waals surface area contributed by atoms with E-state index in [1.807, 2.05) is 18.2 Å². The van der Waals surface area contributed by atoms with Crippen LogP contribution in [-0.4, -0.2) is 48.1 Å². The van der Waals surface area contributed by atoms with E-state index in [1.165, 1.54) is 0 Å². The molecule has 1 aliphatic heterocycles. The van der Waals surface area contributed by atoms with E-state index in [0.717, 1.165) is 48.4 Å². The number of carbonyl (C=O) groups excluding carboxylic acids is 1. The van der Waals surface area contributed by atoms with Crippen molar-refractivity contribution in [2.45, 2.75) is 19.3 Å². The van der Waals surface area contributed by atoms with Crippen LogP contribution in [0.2, 0.25) is 0 Å². The van der Waals surface area contributed by atoms with E-state index in [9.17, 15) is 4.79 Å². The molecular formula is C15H19N3O3. The Hall–Kier alpha value is -2.24. The molecule has 1 fully saturated rings. The molecule has 1 saturated heterocycles. The number of benzene rings is 1. The van der Waals surface area contributed by atoms with Gasteiger partial charge in [0.1, 0.15) is 12.4 Å². The monoisotopic (exact) mass is 289 g/mol. The molecule has 6 nitrogen and oxygen atoms in total. The van der Waals surface area contributed by atoms with E-state index in [-0.39, 0.29) is 6.03 Å². The van der Waals surface area contributed by atoms with Crippen molar-refractivity contribution in [3.8, 4) is 5.75 Å². The second-order valence-corrected chi connectivity index (χ2v) is 5.25. The van der Waals surface area contributed by atoms with Gasteiger partial charge in [-0.25, -0.2) is 4.79 Å². The summed E-state index contributed by atoms with van der Waals surface area (Å²) >= 11 is 0. The topological polar surface area (TPSA) is 74.2 Å². The lowest BCUT2D eigenvalue weighted by atomic mass is 9.89. The van der Waals surface area contributed by atoms with E-state index in [2.05, 4.69) is 10.5 Å². The summed E-state index contributed by atoms with van der Waals surface area (Å²) in [5.41, 5.74) is 2.79. The van der Waals surface area contributed by atoms with E-state index in [4.69, 9.17) is 9.94 Å². The molecule has 0 atom stereocenters. The number of hydrogen-bond donors (Lipinski definition) is 2. The van der Waals surface area contributed by atoms with Crippen LogP contribution in [0.15, 0.2) is 23.4 Å². The lowest BCUT2D eigenvalue weighted by Crippen LogP contribution is -2.32. The molecule has 0 saturated carbocycles. The van der Waals surface area contributed by atoms with Gasteiger partial charge >= 0.3 is 6.03 Å². The maximum Gasteiger partial charge on any atom is 0.317 e. The third-order valence-electron chi connectivity index (χ3n) is 3.97. The van der Waals surface area contributed by atoms with Crippen LogP contribution in [0.25, 0.3) is 0 Å². The molecule has 2 amide bonds. The number of ether oxygens (including phenoxy) is 1. The van der Waals surface area contributed by atoms with Gasteiger partial charge < -0.3 is 20.2 Å². The first-order valence-corrected chi connectivity index (χ1v) is 7.28. The second kappa shape index (κ2) is 6.03. The van der Waals surface area contributed by atoms with Crippen LogP contribution in [0.3, 0.4) is 0 Å². The molecule has 2 N–H and O–H groups in total. The third-order valence-corrected chi connectivity index (χ3v) is 3.97. The number of hydrogen-bond acceptors (Lipinski definition) is 4. The predicted octanol–water partition coefficient (Wildman–Crippen LogP) is 1.61. The van der Waals surface area contributed by atoms with Gasteiger partial charge in [0, 0.05) is 24.2 Å². The standard InChI is InChI=1S/C15H19N3O3/c19-15-16-7-8-18(15)9-10-21-14-6-2-3-11-12(14)4-1-5-13(11)17-20/h2-3,6,20H,1,4-5,7-10H2,(H,16,19). The summed E-state index contributed by atoms with van der Waals surface area (Å²) in [4.78, 5) is 13.2. The molecule has 3 rings (SSSR count). The van der Waals surface area contributed by atoms with Gasteiger partial charge in [0.15, 0.2) is 0 Å². The highest BCUT2D eigenvalue weighted by atomic mass is 16.5. The zero-order valence-corrected chi connectivity index (χ0v) is 11.8. The van der Waals surface area contributed by atoms with Gasteiger partial charge in [-0.05, 0) is 25.3 Å². The molecule has 0 unspecified atom stereocenters. The largest absolute Gasteiger partial charge is 0.491 e. The summed E-state index contributed by atoms with van der Waals surface area (Å²) in [6.45, 7) is 2.48. The molecule has 0 radical (unpaired) electrons. The van der Waals surface area contributed by atoms with Crippen LogP contribution in [0.1, 0.15) is 24.0 Å². The van der Waals surface area contributed by atoms with Crippen molar-refractivity contribution in [2.75, 3.05) is 26.2 Å². The molecule has 1 aromatic rings. The Labute approximate surface area is 123 Å². The molecule has 1 aromatic carbocycles. The van der Waals surface area contributed by atoms with Crippen LogP contribution in [0.5, 0.6) is 5.75 Å². The molecular weight excluding hydrogens is 270 g/mol. The number of oxime groups is 1. The number of nitrogens with one attached hydrogen (secondary N) is 1. The minimum Gasteiger partial charge on any atom is -0.491 e. The van der Waals surface area contributed by atoms with Crippen LogP contribution in [0.4, 0.5) is 4.79 Å². The fraction of sp³-hybridized carbons (Fsp3) is 0.467. The van der Waals surface area contributed by atoms with E-state index in [1.54, 1.807) is 4.90 Å². The maximum absolute atomic E-state index is 11.4. The zero-order valence-electron chi connectivity index (χ0n) is 11.8. The minimum absolute atomic E-state index is 0.0246. The SMILES string of the molecule is O=C1NCCN1CCOc1cccc2c1CCCC2=NO. The Bertz CT molecular complexity index is 571.